The van der Waals surface area contributed by atoms with Crippen molar-refractivity contribution in [3.63, 3.8) is 0 Å². The van der Waals surface area contributed by atoms with Crippen LogP contribution in [0.3, 0.4) is 0 Å². The van der Waals surface area contributed by atoms with E-state index in [0.29, 0.717) is 10.6 Å². The van der Waals surface area contributed by atoms with Gasteiger partial charge in [0.25, 0.3) is 5.91 Å². The van der Waals surface area contributed by atoms with Gasteiger partial charge in [0.2, 0.25) is 10.0 Å². The molecule has 3 nitrogen and oxygen atoms in total. The Labute approximate surface area is 164 Å². The Morgan fingerprint density at radius 1 is 1.12 bits per heavy atom. The van der Waals surface area contributed by atoms with Gasteiger partial charge in [-0.15, -0.1) is 0 Å². The number of rotatable bonds is 4. The zero-order valence-corrected chi connectivity index (χ0v) is 16.1. The van der Waals surface area contributed by atoms with Crippen molar-refractivity contribution in [3.05, 3.63) is 63.6 Å². The molecule has 24 heavy (non-hydrogen) atoms. The molecule has 2 aromatic carbocycles. The zero-order valence-electron chi connectivity index (χ0n) is 12.3. The summed E-state index contributed by atoms with van der Waals surface area (Å²) in [7, 11) is 0. The van der Waals surface area contributed by atoms with Gasteiger partial charge in [0.1, 0.15) is 5.75 Å². The maximum atomic E-state index is 12.4. The van der Waals surface area contributed by atoms with Crippen LogP contribution in [0.4, 0.5) is 0 Å². The fourth-order valence-corrected chi connectivity index (χ4v) is 2.61. The zero-order chi connectivity index (χ0) is 17.9. The molecule has 0 spiro atoms. The largest absolute Gasteiger partial charge is 0.464 e. The molecule has 1 amide bonds. The minimum Gasteiger partial charge on any atom is -0.464 e. The van der Waals surface area contributed by atoms with Gasteiger partial charge >= 0.3 is 0 Å². The van der Waals surface area contributed by atoms with Crippen molar-refractivity contribution < 1.29 is 9.53 Å². The lowest BCUT2D eigenvalue weighted by Crippen LogP contribution is -2.47. The van der Waals surface area contributed by atoms with Crippen molar-refractivity contribution in [1.82, 2.24) is 5.32 Å². The van der Waals surface area contributed by atoms with E-state index in [1.54, 1.807) is 24.3 Å². The van der Waals surface area contributed by atoms with Gasteiger partial charge in [0, 0.05) is 10.6 Å². The highest BCUT2D eigenvalue weighted by Gasteiger charge is 2.36. The van der Waals surface area contributed by atoms with Crippen LogP contribution in [0.25, 0.3) is 0 Å². The van der Waals surface area contributed by atoms with Crippen molar-refractivity contribution in [2.45, 2.75) is 16.9 Å². The molecule has 0 saturated carbocycles. The molecule has 0 radical (unpaired) electrons. The monoisotopic (exact) mass is 425 g/mol. The average Bonchev–Trinajstić information content (AvgIpc) is 2.48. The molecule has 0 aliphatic heterocycles. The first-order valence-corrected chi connectivity index (χ1v) is 8.62. The van der Waals surface area contributed by atoms with Crippen LogP contribution in [0.15, 0.2) is 42.5 Å². The molecular formula is C16H12Cl5NO2. The smallest absolute Gasteiger partial charge is 0.254 e. The number of alkyl halides is 3. The number of aryl methyl sites for hydroxylation is 1. The highest BCUT2D eigenvalue weighted by molar-refractivity contribution is 6.68. The van der Waals surface area contributed by atoms with Crippen LogP contribution in [-0.4, -0.2) is 15.9 Å². The second-order valence-electron chi connectivity index (χ2n) is 4.96. The van der Waals surface area contributed by atoms with E-state index in [1.165, 1.54) is 12.1 Å². The first-order chi connectivity index (χ1) is 11.2. The Morgan fingerprint density at radius 3 is 2.42 bits per heavy atom. The summed E-state index contributed by atoms with van der Waals surface area (Å²) in [5.74, 6) is -0.220. The van der Waals surface area contributed by atoms with Crippen LogP contribution in [0, 0.1) is 6.92 Å². The summed E-state index contributed by atoms with van der Waals surface area (Å²) in [6.07, 6.45) is -1.26. The molecular weight excluding hydrogens is 415 g/mol. The van der Waals surface area contributed by atoms with Crippen molar-refractivity contribution in [2.24, 2.45) is 0 Å². The molecule has 8 heteroatoms. The van der Waals surface area contributed by atoms with Crippen LogP contribution in [0.1, 0.15) is 15.9 Å². The van der Waals surface area contributed by atoms with Crippen LogP contribution in [-0.2, 0) is 0 Å². The summed E-state index contributed by atoms with van der Waals surface area (Å²) in [5.41, 5.74) is 1.34. The molecule has 2 rings (SSSR count). The molecule has 0 heterocycles. The van der Waals surface area contributed by atoms with E-state index in [9.17, 15) is 4.79 Å². The molecule has 0 fully saturated rings. The summed E-state index contributed by atoms with van der Waals surface area (Å²) < 4.78 is 3.65. The number of amides is 1. The van der Waals surface area contributed by atoms with Gasteiger partial charge < -0.3 is 10.1 Å². The van der Waals surface area contributed by atoms with E-state index in [0.717, 1.165) is 5.56 Å². The van der Waals surface area contributed by atoms with E-state index in [1.807, 2.05) is 13.0 Å². The number of halogens is 5. The van der Waals surface area contributed by atoms with Crippen LogP contribution in [0.2, 0.25) is 10.0 Å². The maximum absolute atomic E-state index is 12.4. The van der Waals surface area contributed by atoms with Crippen molar-refractivity contribution in [1.29, 1.82) is 0 Å². The number of hydrogen-bond acceptors (Lipinski definition) is 2. The minimum absolute atomic E-state index is 0.224. The Morgan fingerprint density at radius 2 is 1.83 bits per heavy atom. The van der Waals surface area contributed by atoms with Gasteiger partial charge in [-0.1, -0.05) is 75.7 Å². The predicted octanol–water partition coefficient (Wildman–Crippen LogP) is 5.81. The summed E-state index contributed by atoms with van der Waals surface area (Å²) in [5, 5.41) is 3.20. The van der Waals surface area contributed by atoms with E-state index in [2.05, 4.69) is 5.32 Å². The SMILES string of the molecule is Cc1cccc(C(=O)NC(Oc2ccc(Cl)cc2Cl)C(Cl)(Cl)Cl)c1. The van der Waals surface area contributed by atoms with Gasteiger partial charge in [-0.05, 0) is 37.3 Å². The summed E-state index contributed by atoms with van der Waals surface area (Å²) in [6.45, 7) is 1.87. The van der Waals surface area contributed by atoms with Crippen LogP contribution in [0.5, 0.6) is 5.75 Å². The second-order valence-corrected chi connectivity index (χ2v) is 8.17. The Hall–Kier alpha value is -0.840. The number of hydrogen-bond donors (Lipinski definition) is 1. The summed E-state index contributed by atoms with van der Waals surface area (Å²) >= 11 is 29.6. The fourth-order valence-electron chi connectivity index (χ4n) is 1.86. The topological polar surface area (TPSA) is 38.3 Å². The summed E-state index contributed by atoms with van der Waals surface area (Å²) in [4.78, 5) is 12.4. The fraction of sp³-hybridized carbons (Fsp3) is 0.188. The van der Waals surface area contributed by atoms with Gasteiger partial charge in [-0.3, -0.25) is 4.79 Å². The lowest BCUT2D eigenvalue weighted by Gasteiger charge is -2.26. The minimum atomic E-state index is -1.91. The molecule has 0 aliphatic carbocycles. The maximum Gasteiger partial charge on any atom is 0.254 e. The van der Waals surface area contributed by atoms with Crippen LogP contribution < -0.4 is 10.1 Å². The molecule has 1 N–H and O–H groups in total. The number of carbonyl (C=O) groups is 1. The Balaban J connectivity index is 2.21. The highest BCUT2D eigenvalue weighted by Crippen LogP contribution is 2.35. The highest BCUT2D eigenvalue weighted by atomic mass is 35.6. The van der Waals surface area contributed by atoms with Gasteiger partial charge in [-0.2, -0.15) is 0 Å². The molecule has 0 saturated heterocycles. The predicted molar refractivity (Wildman–Crippen MR) is 99.8 cm³/mol. The molecule has 0 bridgehead atoms. The molecule has 1 atom stereocenters. The molecule has 0 aliphatic rings. The van der Waals surface area contributed by atoms with E-state index in [4.69, 9.17) is 62.7 Å². The van der Waals surface area contributed by atoms with E-state index in [-0.39, 0.29) is 10.8 Å². The number of benzene rings is 2. The number of ether oxygens (including phenoxy) is 1. The molecule has 2 aromatic rings. The van der Waals surface area contributed by atoms with Crippen LogP contribution >= 0.6 is 58.0 Å². The third kappa shape index (κ3) is 5.33. The van der Waals surface area contributed by atoms with Gasteiger partial charge in [0.15, 0.2) is 0 Å². The van der Waals surface area contributed by atoms with E-state index < -0.39 is 15.9 Å². The average molecular weight is 428 g/mol. The van der Waals surface area contributed by atoms with Gasteiger partial charge in [0.05, 0.1) is 5.02 Å². The van der Waals surface area contributed by atoms with E-state index >= 15 is 0 Å². The lowest BCUT2D eigenvalue weighted by atomic mass is 10.1. The standard InChI is InChI=1S/C16H12Cl5NO2/c1-9-3-2-4-10(7-9)14(23)22-15(16(19,20)21)24-13-6-5-11(17)8-12(13)18/h2-8,15H,1H3,(H,22,23). The Kier molecular flexibility index (Phi) is 6.52. The quantitative estimate of drug-likeness (QED) is 0.494. The van der Waals surface area contributed by atoms with Gasteiger partial charge in [-0.25, -0.2) is 0 Å². The normalized spacial score (nSPS) is 12.6. The first kappa shape index (κ1) is 19.5. The number of nitrogens with one attached hydrogen (secondary N) is 1. The second kappa shape index (κ2) is 8.03. The van der Waals surface area contributed by atoms with Crippen molar-refractivity contribution in [3.8, 4) is 5.75 Å². The number of carbonyl (C=O) groups excluding carboxylic acids is 1. The molecule has 0 aromatic heterocycles. The lowest BCUT2D eigenvalue weighted by molar-refractivity contribution is 0.0833. The summed E-state index contributed by atoms with van der Waals surface area (Å²) in [6, 6.07) is 11.6. The van der Waals surface area contributed by atoms with Crippen molar-refractivity contribution >= 4 is 63.9 Å². The Bertz CT molecular complexity index is 745. The van der Waals surface area contributed by atoms with Crippen molar-refractivity contribution in [2.75, 3.05) is 0 Å². The third-order valence-corrected chi connectivity index (χ3v) is 4.10. The molecule has 128 valence electrons. The first-order valence-electron chi connectivity index (χ1n) is 6.73. The third-order valence-electron chi connectivity index (χ3n) is 2.98. The molecule has 1 unspecified atom stereocenters.